The Morgan fingerprint density at radius 1 is 1.11 bits per heavy atom. The first kappa shape index (κ1) is 27.3. The van der Waals surface area contributed by atoms with Gasteiger partial charge in [-0.25, -0.2) is 4.79 Å². The zero-order valence-electron chi connectivity index (χ0n) is 22.3. The van der Waals surface area contributed by atoms with Crippen LogP contribution in [0.25, 0.3) is 0 Å². The second-order valence-corrected chi connectivity index (χ2v) is 12.3. The molecule has 1 unspecified atom stereocenters. The maximum Gasteiger partial charge on any atom is 0.410 e. The fraction of sp³-hybridized carbons (Fsp3) is 0.630. The summed E-state index contributed by atoms with van der Waals surface area (Å²) in [7, 11) is 1.50. The van der Waals surface area contributed by atoms with Gasteiger partial charge in [-0.05, 0) is 70.9 Å². The van der Waals surface area contributed by atoms with Crippen molar-refractivity contribution in [3.8, 4) is 0 Å². The number of amides is 4. The highest BCUT2D eigenvalue weighted by molar-refractivity contribution is 8.00. The molecule has 4 rings (SSSR count). The van der Waals surface area contributed by atoms with Gasteiger partial charge >= 0.3 is 6.09 Å². The molecule has 1 aliphatic carbocycles. The molecule has 0 aromatic heterocycles. The van der Waals surface area contributed by atoms with Crippen LogP contribution < -0.4 is 10.6 Å². The van der Waals surface area contributed by atoms with E-state index in [-0.39, 0.29) is 23.2 Å². The van der Waals surface area contributed by atoms with Crippen molar-refractivity contribution >= 4 is 35.6 Å². The van der Waals surface area contributed by atoms with E-state index in [0.29, 0.717) is 18.6 Å². The SMILES string of the molecule is C[C@H](C(=O)N[C@H]1CCC2SC[C@@H](C(=O)N[C@@H]3CCCc4ccccc43)N2C1=O)N(C)C(=O)OC(C)(C)C. The van der Waals surface area contributed by atoms with Crippen molar-refractivity contribution < 1.29 is 23.9 Å². The summed E-state index contributed by atoms with van der Waals surface area (Å²) in [4.78, 5) is 55.0. The number of fused-ring (bicyclic) bond motifs is 2. The van der Waals surface area contributed by atoms with E-state index in [1.165, 1.54) is 17.5 Å². The van der Waals surface area contributed by atoms with Gasteiger partial charge in [0.2, 0.25) is 17.7 Å². The molecule has 9 nitrogen and oxygen atoms in total. The minimum atomic E-state index is -0.821. The number of carbonyl (C=O) groups excluding carboxylic acids is 4. The second kappa shape index (κ2) is 10.9. The van der Waals surface area contributed by atoms with Gasteiger partial charge < -0.3 is 20.3 Å². The molecule has 10 heteroatoms. The first-order chi connectivity index (χ1) is 17.5. The number of ether oxygens (including phenoxy) is 1. The molecule has 2 N–H and O–H groups in total. The third-order valence-corrected chi connectivity index (χ3v) is 8.65. The number of carbonyl (C=O) groups is 4. The van der Waals surface area contributed by atoms with Crippen molar-refractivity contribution in [2.75, 3.05) is 12.8 Å². The zero-order valence-corrected chi connectivity index (χ0v) is 23.1. The Kier molecular flexibility index (Phi) is 8.06. The normalized spacial score (nSPS) is 26.0. The topological polar surface area (TPSA) is 108 Å². The van der Waals surface area contributed by atoms with Crippen LogP contribution in [0.3, 0.4) is 0 Å². The number of nitrogens with one attached hydrogen (secondary N) is 2. The summed E-state index contributed by atoms with van der Waals surface area (Å²) in [5, 5.41) is 5.94. The van der Waals surface area contributed by atoms with Crippen LogP contribution in [-0.2, 0) is 25.5 Å². The first-order valence-corrected chi connectivity index (χ1v) is 14.1. The summed E-state index contributed by atoms with van der Waals surface area (Å²) in [5.41, 5.74) is 1.74. The molecule has 5 atom stereocenters. The maximum absolute atomic E-state index is 13.5. The summed E-state index contributed by atoms with van der Waals surface area (Å²) in [5.74, 6) is -0.285. The van der Waals surface area contributed by atoms with Gasteiger partial charge in [0, 0.05) is 12.8 Å². The van der Waals surface area contributed by atoms with Crippen LogP contribution in [-0.4, -0.2) is 75.5 Å². The van der Waals surface area contributed by atoms with Crippen LogP contribution in [0.15, 0.2) is 24.3 Å². The second-order valence-electron chi connectivity index (χ2n) is 11.1. The van der Waals surface area contributed by atoms with Crippen LogP contribution in [0.1, 0.15) is 70.5 Å². The van der Waals surface area contributed by atoms with Crippen molar-refractivity contribution in [3.05, 3.63) is 35.4 Å². The number of thioether (sulfide) groups is 1. The number of rotatable bonds is 5. The van der Waals surface area contributed by atoms with Gasteiger partial charge in [0.05, 0.1) is 11.4 Å². The van der Waals surface area contributed by atoms with Crippen molar-refractivity contribution in [2.24, 2.45) is 0 Å². The summed E-state index contributed by atoms with van der Waals surface area (Å²) < 4.78 is 5.35. The summed E-state index contributed by atoms with van der Waals surface area (Å²) in [6, 6.07) is 6.01. The molecule has 2 aliphatic heterocycles. The molecule has 3 aliphatic rings. The van der Waals surface area contributed by atoms with Gasteiger partial charge in [-0.2, -0.15) is 0 Å². The Balaban J connectivity index is 1.39. The predicted octanol–water partition coefficient (Wildman–Crippen LogP) is 2.98. The van der Waals surface area contributed by atoms with Crippen LogP contribution >= 0.6 is 11.8 Å². The summed E-state index contributed by atoms with van der Waals surface area (Å²) in [6.07, 6.45) is 3.47. The van der Waals surface area contributed by atoms with E-state index in [1.807, 2.05) is 12.1 Å². The summed E-state index contributed by atoms with van der Waals surface area (Å²) in [6.45, 7) is 6.87. The van der Waals surface area contributed by atoms with E-state index >= 15 is 0 Å². The summed E-state index contributed by atoms with van der Waals surface area (Å²) >= 11 is 1.62. The Morgan fingerprint density at radius 3 is 2.57 bits per heavy atom. The lowest BCUT2D eigenvalue weighted by Gasteiger charge is -2.38. The molecule has 0 radical (unpaired) electrons. The van der Waals surface area contributed by atoms with Crippen LogP contribution in [0.4, 0.5) is 4.79 Å². The smallest absolute Gasteiger partial charge is 0.410 e. The number of aryl methyl sites for hydroxylation is 1. The van der Waals surface area contributed by atoms with Gasteiger partial charge in [0.25, 0.3) is 0 Å². The molecule has 4 amide bonds. The Morgan fingerprint density at radius 2 is 1.84 bits per heavy atom. The average Bonchev–Trinajstić information content (AvgIpc) is 3.29. The molecule has 2 fully saturated rings. The maximum atomic E-state index is 13.5. The third kappa shape index (κ3) is 6.05. The molecule has 1 aromatic rings. The van der Waals surface area contributed by atoms with E-state index < -0.39 is 35.7 Å². The lowest BCUT2D eigenvalue weighted by Crippen LogP contribution is -2.60. The standard InChI is InChI=1S/C27H38N4O5S/c1-16(30(5)26(35)36-27(2,3)4)23(32)29-20-13-14-22-31(25(20)34)21(15-37-22)24(33)28-19-12-8-10-17-9-6-7-11-18(17)19/h6-7,9,11,16,19-22H,8,10,12-15H2,1-5H3,(H,28,33)(H,29,32)/t16-,19-,20+,21+,22?/m1/s1. The average molecular weight is 531 g/mol. The quantitative estimate of drug-likeness (QED) is 0.606. The van der Waals surface area contributed by atoms with E-state index in [0.717, 1.165) is 24.8 Å². The third-order valence-electron chi connectivity index (χ3n) is 7.29. The minimum Gasteiger partial charge on any atom is -0.444 e. The Labute approximate surface area is 223 Å². The lowest BCUT2D eigenvalue weighted by molar-refractivity contribution is -0.145. The minimum absolute atomic E-state index is 0.0545. The molecular formula is C27H38N4O5S. The zero-order chi connectivity index (χ0) is 26.9. The molecule has 1 aromatic carbocycles. The van der Waals surface area contributed by atoms with Gasteiger partial charge in [-0.3, -0.25) is 19.3 Å². The van der Waals surface area contributed by atoms with Crippen molar-refractivity contribution in [1.82, 2.24) is 20.4 Å². The van der Waals surface area contributed by atoms with Crippen LogP contribution in [0.2, 0.25) is 0 Å². The van der Waals surface area contributed by atoms with E-state index in [4.69, 9.17) is 4.74 Å². The van der Waals surface area contributed by atoms with E-state index in [9.17, 15) is 19.2 Å². The van der Waals surface area contributed by atoms with Gasteiger partial charge in [-0.15, -0.1) is 11.8 Å². The molecule has 0 bridgehead atoms. The fourth-order valence-electron chi connectivity index (χ4n) is 5.16. The van der Waals surface area contributed by atoms with Gasteiger partial charge in [-0.1, -0.05) is 24.3 Å². The molecule has 2 heterocycles. The number of piperidine rings is 1. The highest BCUT2D eigenvalue weighted by Crippen LogP contribution is 2.37. The van der Waals surface area contributed by atoms with Crippen LogP contribution in [0.5, 0.6) is 0 Å². The number of nitrogens with zero attached hydrogens (tertiary/aromatic N) is 2. The van der Waals surface area contributed by atoms with Gasteiger partial charge in [0.15, 0.2) is 0 Å². The fourth-order valence-corrected chi connectivity index (χ4v) is 6.59. The molecule has 0 spiro atoms. The molecular weight excluding hydrogens is 492 g/mol. The largest absolute Gasteiger partial charge is 0.444 e. The molecule has 0 saturated carbocycles. The molecule has 202 valence electrons. The number of likely N-dealkylation sites (N-methyl/N-ethyl adjacent to an activating group) is 1. The van der Waals surface area contributed by atoms with Crippen molar-refractivity contribution in [2.45, 2.75) is 94.9 Å². The first-order valence-electron chi connectivity index (χ1n) is 13.0. The van der Waals surface area contributed by atoms with E-state index in [2.05, 4.69) is 22.8 Å². The Bertz CT molecular complexity index is 1060. The van der Waals surface area contributed by atoms with E-state index in [1.54, 1.807) is 44.4 Å². The number of hydrogen-bond acceptors (Lipinski definition) is 6. The number of benzene rings is 1. The highest BCUT2D eigenvalue weighted by atomic mass is 32.2. The van der Waals surface area contributed by atoms with Gasteiger partial charge in [0.1, 0.15) is 23.7 Å². The monoisotopic (exact) mass is 530 g/mol. The molecule has 37 heavy (non-hydrogen) atoms. The predicted molar refractivity (Wildman–Crippen MR) is 142 cm³/mol. The number of hydrogen-bond donors (Lipinski definition) is 2. The molecule has 2 saturated heterocycles. The lowest BCUT2D eigenvalue weighted by atomic mass is 9.87. The van der Waals surface area contributed by atoms with Crippen LogP contribution in [0, 0.1) is 0 Å². The van der Waals surface area contributed by atoms with Crippen molar-refractivity contribution in [3.63, 3.8) is 0 Å². The highest BCUT2D eigenvalue weighted by Gasteiger charge is 2.47. The Hall–Kier alpha value is -2.75. The van der Waals surface area contributed by atoms with Crippen molar-refractivity contribution in [1.29, 1.82) is 0 Å².